The van der Waals surface area contributed by atoms with Gasteiger partial charge in [0.25, 0.3) is 0 Å². The van der Waals surface area contributed by atoms with Crippen molar-refractivity contribution in [3.05, 3.63) is 0 Å². The predicted molar refractivity (Wildman–Crippen MR) is 55.2 cm³/mol. The van der Waals surface area contributed by atoms with E-state index in [0.29, 0.717) is 0 Å². The second-order valence-electron chi connectivity index (χ2n) is 4.72. The minimum atomic E-state index is -4.17. The Morgan fingerprint density at radius 3 is 2.19 bits per heavy atom. The lowest BCUT2D eigenvalue weighted by Gasteiger charge is -2.34. The Hall–Kier alpha value is -0.330. The van der Waals surface area contributed by atoms with Gasteiger partial charge >= 0.3 is 6.18 Å². The molecular weight excluding hydrogens is 221 g/mol. The highest BCUT2D eigenvalue weighted by atomic mass is 19.4. The molecule has 1 atom stereocenters. The monoisotopic (exact) mass is 240 g/mol. The van der Waals surface area contributed by atoms with Gasteiger partial charge in [0.1, 0.15) is 0 Å². The molecule has 1 aliphatic rings. The van der Waals surface area contributed by atoms with Gasteiger partial charge in [0.15, 0.2) is 0 Å². The van der Waals surface area contributed by atoms with Crippen molar-refractivity contribution in [3.8, 4) is 0 Å². The molecule has 1 aliphatic carbocycles. The van der Waals surface area contributed by atoms with E-state index in [1.165, 1.54) is 4.90 Å². The van der Waals surface area contributed by atoms with Crippen LogP contribution in [-0.4, -0.2) is 54.5 Å². The number of hydrogen-bond acceptors (Lipinski definition) is 3. The molecule has 2 N–H and O–H groups in total. The standard InChI is InChI=1S/C10H19F3N2O/c1-9(7-16,14-2)5-15(8-3-4-8)6-10(11,12)13/h8,14,16H,3-7H2,1-2H3. The first-order valence-electron chi connectivity index (χ1n) is 5.40. The zero-order chi connectivity index (χ0) is 12.4. The van der Waals surface area contributed by atoms with Crippen molar-refractivity contribution in [1.29, 1.82) is 0 Å². The van der Waals surface area contributed by atoms with Crippen LogP contribution in [0.4, 0.5) is 13.2 Å². The Morgan fingerprint density at radius 2 is 1.88 bits per heavy atom. The van der Waals surface area contributed by atoms with E-state index in [4.69, 9.17) is 5.11 Å². The molecule has 16 heavy (non-hydrogen) atoms. The zero-order valence-corrected chi connectivity index (χ0v) is 9.64. The molecule has 1 unspecified atom stereocenters. The third-order valence-electron chi connectivity index (χ3n) is 2.95. The SMILES string of the molecule is CNC(C)(CO)CN(CC(F)(F)F)C1CC1. The third-order valence-corrected chi connectivity index (χ3v) is 2.95. The van der Waals surface area contributed by atoms with Crippen LogP contribution in [0.25, 0.3) is 0 Å². The third kappa shape index (κ3) is 4.27. The average Bonchev–Trinajstić information content (AvgIpc) is 2.97. The molecule has 0 aromatic carbocycles. The summed E-state index contributed by atoms with van der Waals surface area (Å²) in [5.41, 5.74) is -0.673. The Balaban J connectivity index is 2.57. The summed E-state index contributed by atoms with van der Waals surface area (Å²) in [5.74, 6) is 0. The fourth-order valence-corrected chi connectivity index (χ4v) is 1.64. The number of rotatable bonds is 6. The minimum absolute atomic E-state index is 0.0286. The van der Waals surface area contributed by atoms with E-state index in [2.05, 4.69) is 5.32 Å². The van der Waals surface area contributed by atoms with Gasteiger partial charge in [-0.3, -0.25) is 4.90 Å². The van der Waals surface area contributed by atoms with Gasteiger partial charge in [-0.15, -0.1) is 0 Å². The highest BCUT2D eigenvalue weighted by molar-refractivity contribution is 4.92. The lowest BCUT2D eigenvalue weighted by Crippen LogP contribution is -2.54. The molecule has 0 aromatic heterocycles. The van der Waals surface area contributed by atoms with Crippen LogP contribution in [0.3, 0.4) is 0 Å². The van der Waals surface area contributed by atoms with Gasteiger partial charge < -0.3 is 10.4 Å². The van der Waals surface area contributed by atoms with Crippen molar-refractivity contribution in [3.63, 3.8) is 0 Å². The first-order valence-corrected chi connectivity index (χ1v) is 5.40. The molecule has 1 fully saturated rings. The van der Waals surface area contributed by atoms with Gasteiger partial charge in [-0.25, -0.2) is 0 Å². The summed E-state index contributed by atoms with van der Waals surface area (Å²) in [5, 5.41) is 12.0. The van der Waals surface area contributed by atoms with Crippen LogP contribution in [0.15, 0.2) is 0 Å². The molecule has 0 bridgehead atoms. The molecule has 1 saturated carbocycles. The number of aliphatic hydroxyl groups is 1. The number of hydrogen-bond donors (Lipinski definition) is 2. The molecule has 96 valence electrons. The van der Waals surface area contributed by atoms with Crippen molar-refractivity contribution in [2.75, 3.05) is 26.7 Å². The molecule has 6 heteroatoms. The molecule has 0 spiro atoms. The van der Waals surface area contributed by atoms with E-state index < -0.39 is 18.3 Å². The van der Waals surface area contributed by atoms with Crippen LogP contribution in [0.5, 0.6) is 0 Å². The van der Waals surface area contributed by atoms with Crippen molar-refractivity contribution in [2.24, 2.45) is 0 Å². The Labute approximate surface area is 93.6 Å². The van der Waals surface area contributed by atoms with Crippen LogP contribution in [0.2, 0.25) is 0 Å². The van der Waals surface area contributed by atoms with E-state index in [1.54, 1.807) is 14.0 Å². The van der Waals surface area contributed by atoms with E-state index in [-0.39, 0.29) is 19.2 Å². The number of halogens is 3. The summed E-state index contributed by atoms with van der Waals surface area (Å²) < 4.78 is 37.1. The van der Waals surface area contributed by atoms with Gasteiger partial charge in [-0.2, -0.15) is 13.2 Å². The van der Waals surface area contributed by atoms with Crippen LogP contribution < -0.4 is 5.32 Å². The highest BCUT2D eigenvalue weighted by Gasteiger charge is 2.40. The van der Waals surface area contributed by atoms with Crippen molar-refractivity contribution < 1.29 is 18.3 Å². The maximum Gasteiger partial charge on any atom is 0.401 e. The Bertz CT molecular complexity index is 225. The summed E-state index contributed by atoms with van der Waals surface area (Å²) >= 11 is 0. The van der Waals surface area contributed by atoms with Gasteiger partial charge in [0, 0.05) is 12.6 Å². The average molecular weight is 240 g/mol. The zero-order valence-electron chi connectivity index (χ0n) is 9.64. The Morgan fingerprint density at radius 1 is 1.31 bits per heavy atom. The molecule has 3 nitrogen and oxygen atoms in total. The highest BCUT2D eigenvalue weighted by Crippen LogP contribution is 2.31. The van der Waals surface area contributed by atoms with Crippen molar-refractivity contribution in [2.45, 2.75) is 37.5 Å². The van der Waals surface area contributed by atoms with Gasteiger partial charge in [-0.05, 0) is 26.8 Å². The lowest BCUT2D eigenvalue weighted by molar-refractivity contribution is -0.149. The predicted octanol–water partition coefficient (Wildman–Crippen LogP) is 0.984. The van der Waals surface area contributed by atoms with Crippen LogP contribution in [0, 0.1) is 0 Å². The fraction of sp³-hybridized carbons (Fsp3) is 1.00. The fourth-order valence-electron chi connectivity index (χ4n) is 1.64. The molecule has 0 radical (unpaired) electrons. The number of likely N-dealkylation sites (N-methyl/N-ethyl adjacent to an activating group) is 1. The van der Waals surface area contributed by atoms with Crippen LogP contribution in [0.1, 0.15) is 19.8 Å². The number of nitrogens with one attached hydrogen (secondary N) is 1. The Kier molecular flexibility index (Phi) is 4.20. The van der Waals surface area contributed by atoms with E-state index >= 15 is 0 Å². The quantitative estimate of drug-likeness (QED) is 0.726. The first kappa shape index (κ1) is 13.7. The first-order chi connectivity index (χ1) is 7.29. The molecule has 1 rings (SSSR count). The minimum Gasteiger partial charge on any atom is -0.394 e. The summed E-state index contributed by atoms with van der Waals surface area (Å²) in [7, 11) is 1.65. The van der Waals surface area contributed by atoms with Crippen molar-refractivity contribution >= 4 is 0 Å². The normalized spacial score (nSPS) is 21.2. The number of alkyl halides is 3. The maximum atomic E-state index is 12.4. The number of nitrogens with zero attached hydrogens (tertiary/aromatic N) is 1. The van der Waals surface area contributed by atoms with Gasteiger partial charge in [0.05, 0.1) is 18.7 Å². The summed E-state index contributed by atoms with van der Waals surface area (Å²) in [4.78, 5) is 1.41. The van der Waals surface area contributed by atoms with E-state index in [1.807, 2.05) is 0 Å². The maximum absolute atomic E-state index is 12.4. The van der Waals surface area contributed by atoms with E-state index in [0.717, 1.165) is 12.8 Å². The summed E-state index contributed by atoms with van der Waals surface area (Å²) in [6.45, 7) is 0.864. The summed E-state index contributed by atoms with van der Waals surface area (Å²) in [6, 6.07) is 0.0286. The second kappa shape index (κ2) is 4.89. The molecule has 0 aromatic rings. The second-order valence-corrected chi connectivity index (χ2v) is 4.72. The molecule has 0 amide bonds. The summed E-state index contributed by atoms with van der Waals surface area (Å²) in [6.07, 6.45) is -2.53. The molecular formula is C10H19F3N2O. The van der Waals surface area contributed by atoms with Crippen LogP contribution >= 0.6 is 0 Å². The van der Waals surface area contributed by atoms with Gasteiger partial charge in [0.2, 0.25) is 0 Å². The molecule has 0 aliphatic heterocycles. The smallest absolute Gasteiger partial charge is 0.394 e. The van der Waals surface area contributed by atoms with E-state index in [9.17, 15) is 13.2 Å². The molecule has 0 saturated heterocycles. The lowest BCUT2D eigenvalue weighted by atomic mass is 10.0. The van der Waals surface area contributed by atoms with Crippen molar-refractivity contribution in [1.82, 2.24) is 10.2 Å². The topological polar surface area (TPSA) is 35.5 Å². The largest absolute Gasteiger partial charge is 0.401 e. The van der Waals surface area contributed by atoms with Gasteiger partial charge in [-0.1, -0.05) is 0 Å². The van der Waals surface area contributed by atoms with Crippen LogP contribution in [-0.2, 0) is 0 Å². The number of aliphatic hydroxyl groups excluding tert-OH is 1. The molecule has 0 heterocycles.